The van der Waals surface area contributed by atoms with E-state index in [0.717, 1.165) is 12.1 Å². The van der Waals surface area contributed by atoms with Crippen LogP contribution >= 0.6 is 0 Å². The van der Waals surface area contributed by atoms with Crippen molar-refractivity contribution in [3.05, 3.63) is 35.1 Å². The lowest BCUT2D eigenvalue weighted by molar-refractivity contribution is -0.143. The summed E-state index contributed by atoms with van der Waals surface area (Å²) >= 11 is 0. The first-order chi connectivity index (χ1) is 10.6. The maximum atomic E-state index is 13.8. The Morgan fingerprint density at radius 3 is 2.22 bits per heavy atom. The van der Waals surface area contributed by atoms with E-state index in [1.807, 2.05) is 0 Å². The summed E-state index contributed by atoms with van der Waals surface area (Å²) in [6.07, 6.45) is -4.30. The van der Waals surface area contributed by atoms with Crippen molar-refractivity contribution < 1.29 is 31.1 Å². The van der Waals surface area contributed by atoms with Crippen molar-refractivity contribution in [2.24, 2.45) is 0 Å². The molecule has 0 radical (unpaired) electrons. The fourth-order valence-corrected chi connectivity index (χ4v) is 6.42. The topological polar surface area (TPSA) is 54.4 Å². The number of hydrogen-bond acceptors (Lipinski definition) is 3. The zero-order valence-corrected chi connectivity index (χ0v) is 12.9. The van der Waals surface area contributed by atoms with Crippen LogP contribution < -0.4 is 0 Å². The lowest BCUT2D eigenvalue weighted by atomic mass is 9.78. The van der Waals surface area contributed by atoms with Gasteiger partial charge in [-0.1, -0.05) is 18.6 Å². The maximum Gasteiger partial charge on any atom is 0.419 e. The van der Waals surface area contributed by atoms with Crippen LogP contribution in [0.2, 0.25) is 0 Å². The largest absolute Gasteiger partial charge is 0.419 e. The van der Waals surface area contributed by atoms with Gasteiger partial charge in [-0.2, -0.15) is 13.2 Å². The minimum atomic E-state index is -4.96. The lowest BCUT2D eigenvalue weighted by Crippen LogP contribution is -2.50. The van der Waals surface area contributed by atoms with Gasteiger partial charge >= 0.3 is 6.18 Å². The fourth-order valence-electron chi connectivity index (χ4n) is 3.87. The van der Waals surface area contributed by atoms with E-state index in [-0.39, 0.29) is 12.8 Å². The molecular weight excluding hydrogens is 336 g/mol. The molecule has 2 fully saturated rings. The summed E-state index contributed by atoms with van der Waals surface area (Å²) in [6.45, 7) is 0. The molecule has 128 valence electrons. The van der Waals surface area contributed by atoms with Crippen LogP contribution in [0.3, 0.4) is 0 Å². The van der Waals surface area contributed by atoms with E-state index in [1.54, 1.807) is 0 Å². The number of aliphatic hydroxyl groups is 1. The van der Waals surface area contributed by atoms with Gasteiger partial charge in [-0.25, -0.2) is 12.8 Å². The van der Waals surface area contributed by atoms with E-state index >= 15 is 0 Å². The van der Waals surface area contributed by atoms with Gasteiger partial charge in [0.2, 0.25) is 0 Å². The van der Waals surface area contributed by atoms with Gasteiger partial charge in [0, 0.05) is 0 Å². The predicted molar refractivity (Wildman–Crippen MR) is 74.9 cm³/mol. The molecule has 0 amide bonds. The Balaban J connectivity index is 2.11. The molecule has 3 nitrogen and oxygen atoms in total. The zero-order chi connectivity index (χ0) is 17.0. The van der Waals surface area contributed by atoms with Crippen LogP contribution in [-0.2, 0) is 21.6 Å². The average Bonchev–Trinajstić information content (AvgIpc) is 2.39. The third-order valence-corrected chi connectivity index (χ3v) is 7.57. The molecule has 0 spiro atoms. The van der Waals surface area contributed by atoms with Crippen LogP contribution in [-0.4, -0.2) is 24.0 Å². The standard InChI is InChI=1S/C15H16F4O3S/c16-12-6-2-5-11(13(12)15(17,18)19)14(20)7-9-3-1-4-10(8-14)23(9,21)22/h2,5-6,9-10,20H,1,3-4,7-8H2. The number of halogens is 4. The number of hydrogen-bond donors (Lipinski definition) is 1. The molecular formula is C15H16F4O3S. The van der Waals surface area contributed by atoms with E-state index < -0.39 is 49.1 Å². The molecule has 1 N–H and O–H groups in total. The van der Waals surface area contributed by atoms with Crippen LogP contribution in [0.5, 0.6) is 0 Å². The van der Waals surface area contributed by atoms with Crippen LogP contribution in [0.4, 0.5) is 17.6 Å². The van der Waals surface area contributed by atoms with Gasteiger partial charge in [0.05, 0.1) is 21.7 Å². The van der Waals surface area contributed by atoms with E-state index in [4.69, 9.17) is 0 Å². The van der Waals surface area contributed by atoms with Gasteiger partial charge in [-0.15, -0.1) is 0 Å². The van der Waals surface area contributed by atoms with Gasteiger partial charge in [0.15, 0.2) is 9.84 Å². The van der Waals surface area contributed by atoms with Gasteiger partial charge < -0.3 is 5.11 Å². The Labute approximate surface area is 131 Å². The van der Waals surface area contributed by atoms with Gasteiger partial charge in [0.1, 0.15) is 5.82 Å². The fraction of sp³-hybridized carbons (Fsp3) is 0.600. The Morgan fingerprint density at radius 2 is 1.70 bits per heavy atom. The molecule has 2 atom stereocenters. The molecule has 3 rings (SSSR count). The van der Waals surface area contributed by atoms with Crippen LogP contribution in [0, 0.1) is 5.82 Å². The van der Waals surface area contributed by atoms with Crippen molar-refractivity contribution in [2.75, 3.05) is 0 Å². The molecule has 2 bridgehead atoms. The number of benzene rings is 1. The van der Waals surface area contributed by atoms with Gasteiger partial charge in [-0.3, -0.25) is 0 Å². The van der Waals surface area contributed by atoms with Crippen molar-refractivity contribution in [2.45, 2.75) is 54.4 Å². The molecule has 1 aromatic carbocycles. The van der Waals surface area contributed by atoms with Crippen molar-refractivity contribution in [3.8, 4) is 0 Å². The minimum absolute atomic E-state index is 0.317. The molecule has 0 aromatic heterocycles. The second-order valence-corrected chi connectivity index (χ2v) is 8.88. The molecule has 1 aromatic rings. The first kappa shape index (κ1) is 16.7. The van der Waals surface area contributed by atoms with Crippen molar-refractivity contribution in [1.82, 2.24) is 0 Å². The second kappa shape index (κ2) is 5.17. The molecule has 2 aliphatic rings. The van der Waals surface area contributed by atoms with Gasteiger partial charge in [-0.05, 0) is 37.3 Å². The Hall–Kier alpha value is -1.15. The summed E-state index contributed by atoms with van der Waals surface area (Å²) in [4.78, 5) is 0. The SMILES string of the molecule is O=S1(=O)C2CCCC1CC(O)(c1cccc(F)c1C(F)(F)F)C2. The summed E-state index contributed by atoms with van der Waals surface area (Å²) in [5.74, 6) is -1.46. The third-order valence-electron chi connectivity index (χ3n) is 4.91. The molecule has 2 unspecified atom stereocenters. The summed E-state index contributed by atoms with van der Waals surface area (Å²) in [5.41, 5.74) is -4.04. The van der Waals surface area contributed by atoms with Gasteiger partial charge in [0.25, 0.3) is 0 Å². The molecule has 2 saturated heterocycles. The molecule has 23 heavy (non-hydrogen) atoms. The third kappa shape index (κ3) is 2.65. The predicted octanol–water partition coefficient (Wildman–Crippen LogP) is 3.16. The zero-order valence-electron chi connectivity index (χ0n) is 12.1. The first-order valence-corrected chi connectivity index (χ1v) is 8.98. The normalized spacial score (nSPS) is 33.4. The summed E-state index contributed by atoms with van der Waals surface area (Å²) < 4.78 is 77.9. The second-order valence-electron chi connectivity index (χ2n) is 6.36. The van der Waals surface area contributed by atoms with Crippen molar-refractivity contribution in [3.63, 3.8) is 0 Å². The van der Waals surface area contributed by atoms with Crippen molar-refractivity contribution >= 4 is 9.84 Å². The highest BCUT2D eigenvalue weighted by atomic mass is 32.2. The van der Waals surface area contributed by atoms with Crippen LogP contribution in [0.15, 0.2) is 18.2 Å². The molecule has 2 heterocycles. The Morgan fingerprint density at radius 1 is 1.13 bits per heavy atom. The van der Waals surface area contributed by atoms with Crippen LogP contribution in [0.25, 0.3) is 0 Å². The lowest BCUT2D eigenvalue weighted by Gasteiger charge is -2.44. The molecule has 2 aliphatic heterocycles. The van der Waals surface area contributed by atoms with Crippen LogP contribution in [0.1, 0.15) is 43.2 Å². The highest BCUT2D eigenvalue weighted by Crippen LogP contribution is 2.49. The number of sulfone groups is 1. The van der Waals surface area contributed by atoms with Crippen molar-refractivity contribution in [1.29, 1.82) is 0 Å². The molecule has 0 aliphatic carbocycles. The van der Waals surface area contributed by atoms with E-state index in [9.17, 15) is 31.1 Å². The van der Waals surface area contributed by atoms with E-state index in [0.29, 0.717) is 25.3 Å². The number of rotatable bonds is 1. The van der Waals surface area contributed by atoms with E-state index in [2.05, 4.69) is 0 Å². The Kier molecular flexibility index (Phi) is 3.76. The first-order valence-electron chi connectivity index (χ1n) is 7.37. The highest BCUT2D eigenvalue weighted by molar-refractivity contribution is 7.92. The molecule has 0 saturated carbocycles. The quantitative estimate of drug-likeness (QED) is 0.790. The number of alkyl halides is 3. The minimum Gasteiger partial charge on any atom is -0.385 e. The monoisotopic (exact) mass is 352 g/mol. The number of fused-ring (bicyclic) bond motifs is 2. The summed E-state index contributed by atoms with van der Waals surface area (Å²) in [5, 5.41) is 9.08. The highest BCUT2D eigenvalue weighted by Gasteiger charge is 2.53. The average molecular weight is 352 g/mol. The summed E-state index contributed by atoms with van der Waals surface area (Å²) in [7, 11) is -3.44. The Bertz CT molecular complexity index is 707. The smallest absolute Gasteiger partial charge is 0.385 e. The maximum absolute atomic E-state index is 13.8. The van der Waals surface area contributed by atoms with E-state index in [1.165, 1.54) is 0 Å². The molecule has 8 heteroatoms. The summed E-state index contributed by atoms with van der Waals surface area (Å²) in [6, 6.07) is 2.84.